The summed E-state index contributed by atoms with van der Waals surface area (Å²) in [6.45, 7) is 0. The topological polar surface area (TPSA) is 6.48 Å². The van der Waals surface area contributed by atoms with Crippen molar-refractivity contribution >= 4 is 44.8 Å². The highest BCUT2D eigenvalue weighted by molar-refractivity contribution is 6.00. The first-order valence-corrected chi connectivity index (χ1v) is 22.3. The third-order valence-electron chi connectivity index (χ3n) is 14.2. The molecule has 0 saturated carbocycles. The van der Waals surface area contributed by atoms with Crippen molar-refractivity contribution in [2.24, 2.45) is 5.92 Å². The van der Waals surface area contributed by atoms with Crippen LogP contribution in [0.3, 0.4) is 0 Å². The molecule has 4 unspecified atom stereocenters. The van der Waals surface area contributed by atoms with Crippen molar-refractivity contribution < 1.29 is 0 Å². The number of benzene rings is 7. The minimum Gasteiger partial charge on any atom is -0.338 e. The summed E-state index contributed by atoms with van der Waals surface area (Å²) in [6.07, 6.45) is 26.7. The molecule has 5 aliphatic carbocycles. The lowest BCUT2D eigenvalue weighted by Gasteiger charge is -2.38. The first-order valence-electron chi connectivity index (χ1n) is 22.3. The lowest BCUT2D eigenvalue weighted by Crippen LogP contribution is -2.34. The van der Waals surface area contributed by atoms with E-state index in [-0.39, 0.29) is 11.8 Å². The number of allylic oxidation sites excluding steroid dienone is 9. The van der Waals surface area contributed by atoms with Crippen LogP contribution in [0.1, 0.15) is 65.8 Å². The van der Waals surface area contributed by atoms with Gasteiger partial charge < -0.3 is 9.80 Å². The minimum absolute atomic E-state index is 0.221. The quantitative estimate of drug-likeness (QED) is 0.149. The molecule has 7 aromatic carbocycles. The molecule has 61 heavy (non-hydrogen) atoms. The predicted octanol–water partition coefficient (Wildman–Crippen LogP) is 15.4. The zero-order valence-corrected chi connectivity index (χ0v) is 34.4. The van der Waals surface area contributed by atoms with Gasteiger partial charge in [-0.3, -0.25) is 0 Å². The highest BCUT2D eigenvalue weighted by atomic mass is 15.2. The normalized spacial score (nSPS) is 21.5. The fourth-order valence-corrected chi connectivity index (χ4v) is 11.7. The molecule has 0 N–H and O–H groups in total. The van der Waals surface area contributed by atoms with Crippen molar-refractivity contribution in [3.63, 3.8) is 0 Å². The van der Waals surface area contributed by atoms with Gasteiger partial charge in [0.1, 0.15) is 0 Å². The van der Waals surface area contributed by atoms with Crippen molar-refractivity contribution in [3.05, 3.63) is 240 Å². The molecule has 12 rings (SSSR count). The number of para-hydroxylation sites is 2. The first kappa shape index (κ1) is 36.0. The molecule has 0 amide bonds. The van der Waals surface area contributed by atoms with Gasteiger partial charge in [-0.05, 0) is 113 Å². The van der Waals surface area contributed by atoms with Crippen molar-refractivity contribution in [1.29, 1.82) is 0 Å². The Morgan fingerprint density at radius 2 is 1.28 bits per heavy atom. The molecule has 2 heteroatoms. The lowest BCUT2D eigenvalue weighted by molar-refractivity contribution is 0.465. The molecule has 294 valence electrons. The number of hydrogen-bond donors (Lipinski definition) is 0. The predicted molar refractivity (Wildman–Crippen MR) is 257 cm³/mol. The van der Waals surface area contributed by atoms with Gasteiger partial charge in [-0.1, -0.05) is 170 Å². The molecule has 0 saturated heterocycles. The number of nitrogens with zero attached hydrogens (tertiary/aromatic N) is 2. The zero-order chi connectivity index (χ0) is 40.3. The van der Waals surface area contributed by atoms with Gasteiger partial charge in [-0.25, -0.2) is 0 Å². The molecule has 0 fully saturated rings. The number of fused-ring (bicyclic) bond motifs is 11. The minimum atomic E-state index is -0.396. The Kier molecular flexibility index (Phi) is 8.66. The Bertz CT molecular complexity index is 2990. The van der Waals surface area contributed by atoms with Crippen LogP contribution in [0, 0.1) is 5.92 Å². The van der Waals surface area contributed by atoms with Crippen LogP contribution < -0.4 is 9.80 Å². The number of rotatable bonds is 7. The molecule has 0 aromatic heterocycles. The molecule has 4 atom stereocenters. The van der Waals surface area contributed by atoms with Gasteiger partial charge in [0.25, 0.3) is 0 Å². The van der Waals surface area contributed by atoms with Gasteiger partial charge in [-0.15, -0.1) is 0 Å². The molecule has 7 aromatic rings. The second kappa shape index (κ2) is 14.7. The van der Waals surface area contributed by atoms with Gasteiger partial charge in [0.05, 0.1) is 16.8 Å². The molecule has 0 bridgehead atoms. The Labute approximate surface area is 359 Å². The van der Waals surface area contributed by atoms with E-state index in [9.17, 15) is 0 Å². The summed E-state index contributed by atoms with van der Waals surface area (Å²) in [5.74, 6) is 0.482. The maximum atomic E-state index is 2.69. The number of hydrogen-bond acceptors (Lipinski definition) is 2. The second-order valence-corrected chi connectivity index (χ2v) is 17.3. The van der Waals surface area contributed by atoms with E-state index in [1.165, 1.54) is 78.0 Å². The highest BCUT2D eigenvalue weighted by Crippen LogP contribution is 2.67. The van der Waals surface area contributed by atoms with Gasteiger partial charge in [0, 0.05) is 51.5 Å². The summed E-state index contributed by atoms with van der Waals surface area (Å²) in [4.78, 5) is 5.22. The lowest BCUT2D eigenvalue weighted by atomic mass is 9.65. The zero-order valence-electron chi connectivity index (χ0n) is 34.4. The van der Waals surface area contributed by atoms with E-state index in [2.05, 4.69) is 222 Å². The van der Waals surface area contributed by atoms with Crippen LogP contribution in [-0.4, -0.2) is 6.04 Å². The standard InChI is InChI=1S/C59H48N2/c1-4-20-41(21-5-1)47-29-14-17-35-56(47)61(44-26-8-3-9-27-44)57-37-19-34-53-58(57)50-31-13-16-33-52(50)59(53)51-32-15-12-30-48(51)49-39-38-45(40-54(49)59)60(43-24-6-2-7-25-43)55-36-18-23-42-22-10-11-28-46(42)55/h2-4,6,8-23,26-40,43,48,51H,1,5,7,24-25H2. The van der Waals surface area contributed by atoms with Crippen LogP contribution in [0.2, 0.25) is 0 Å². The van der Waals surface area contributed by atoms with Crippen LogP contribution in [0.4, 0.5) is 28.4 Å². The molecule has 1 spiro atoms. The van der Waals surface area contributed by atoms with E-state index >= 15 is 0 Å². The van der Waals surface area contributed by atoms with E-state index in [1.54, 1.807) is 0 Å². The first-order chi connectivity index (χ1) is 30.3. The third-order valence-corrected chi connectivity index (χ3v) is 14.2. The van der Waals surface area contributed by atoms with Crippen molar-refractivity contribution in [2.45, 2.75) is 49.5 Å². The van der Waals surface area contributed by atoms with Crippen LogP contribution in [0.15, 0.2) is 212 Å². The summed E-state index contributed by atoms with van der Waals surface area (Å²) in [5, 5.41) is 2.58. The van der Waals surface area contributed by atoms with Gasteiger partial charge in [0.2, 0.25) is 0 Å². The highest BCUT2D eigenvalue weighted by Gasteiger charge is 2.58. The van der Waals surface area contributed by atoms with E-state index in [0.29, 0.717) is 6.04 Å². The third kappa shape index (κ3) is 5.55. The van der Waals surface area contributed by atoms with Crippen LogP contribution >= 0.6 is 0 Å². The second-order valence-electron chi connectivity index (χ2n) is 17.3. The summed E-state index contributed by atoms with van der Waals surface area (Å²) >= 11 is 0. The summed E-state index contributed by atoms with van der Waals surface area (Å²) in [5.41, 5.74) is 16.6. The van der Waals surface area contributed by atoms with Crippen LogP contribution in [0.5, 0.6) is 0 Å². The van der Waals surface area contributed by atoms with Crippen molar-refractivity contribution in [1.82, 2.24) is 0 Å². The maximum Gasteiger partial charge on any atom is 0.0543 e. The van der Waals surface area contributed by atoms with Crippen molar-refractivity contribution in [3.8, 4) is 11.1 Å². The van der Waals surface area contributed by atoms with Crippen molar-refractivity contribution in [2.75, 3.05) is 9.80 Å². The Morgan fingerprint density at radius 1 is 0.525 bits per heavy atom. The van der Waals surface area contributed by atoms with Gasteiger partial charge in [0.15, 0.2) is 0 Å². The summed E-state index contributed by atoms with van der Waals surface area (Å²) in [7, 11) is 0. The largest absolute Gasteiger partial charge is 0.338 e. The number of anilines is 5. The fourth-order valence-electron chi connectivity index (χ4n) is 11.7. The molecular formula is C59H48N2. The molecule has 5 aliphatic rings. The summed E-state index contributed by atoms with van der Waals surface area (Å²) in [6, 6.07) is 60.1. The molecule has 0 aliphatic heterocycles. The van der Waals surface area contributed by atoms with E-state index < -0.39 is 5.41 Å². The van der Waals surface area contributed by atoms with Crippen LogP contribution in [-0.2, 0) is 5.41 Å². The molecule has 2 nitrogen and oxygen atoms in total. The molecule has 0 radical (unpaired) electrons. The summed E-state index contributed by atoms with van der Waals surface area (Å²) < 4.78 is 0. The van der Waals surface area contributed by atoms with Crippen LogP contribution in [0.25, 0.3) is 27.5 Å². The average molecular weight is 785 g/mol. The maximum absolute atomic E-state index is 2.69. The Morgan fingerprint density at radius 3 is 2.16 bits per heavy atom. The van der Waals surface area contributed by atoms with Gasteiger partial charge >= 0.3 is 0 Å². The monoisotopic (exact) mass is 784 g/mol. The SMILES string of the molecule is C1=CC2c3ccc(N(c4cccc5ccccc45)C4CC=CCC4)cc3C3(c4ccccc4-c4c(N(c5ccccc5)c5ccccc5C5=CCCC=C5)cccc43)C2C=C1. The molecular weight excluding hydrogens is 737 g/mol. The van der Waals surface area contributed by atoms with E-state index in [4.69, 9.17) is 0 Å². The van der Waals surface area contributed by atoms with E-state index in [1.807, 2.05) is 0 Å². The smallest absolute Gasteiger partial charge is 0.0543 e. The molecule has 0 heterocycles. The fraction of sp³-hybridized carbons (Fsp3) is 0.153. The average Bonchev–Trinajstić information content (AvgIpc) is 3.80. The van der Waals surface area contributed by atoms with E-state index in [0.717, 1.165) is 37.8 Å². The Balaban J connectivity index is 1.12. The van der Waals surface area contributed by atoms with Gasteiger partial charge in [-0.2, -0.15) is 0 Å². The Hall–Kier alpha value is -6.90.